The Hall–Kier alpha value is -6.69. The zero-order valence-electron chi connectivity index (χ0n) is 34.6. The van der Waals surface area contributed by atoms with Gasteiger partial charge in [-0.2, -0.15) is 10.2 Å². The van der Waals surface area contributed by atoms with Crippen LogP contribution in [-0.2, 0) is 22.9 Å². The molecule has 0 saturated heterocycles. The van der Waals surface area contributed by atoms with Gasteiger partial charge in [-0.3, -0.25) is 9.59 Å². The van der Waals surface area contributed by atoms with Crippen molar-refractivity contribution >= 4 is 59.4 Å². The van der Waals surface area contributed by atoms with Gasteiger partial charge in [0.1, 0.15) is 16.2 Å². The summed E-state index contributed by atoms with van der Waals surface area (Å²) in [6.45, 7) is 3.92. The van der Waals surface area contributed by atoms with E-state index in [4.69, 9.17) is 0 Å². The Kier molecular flexibility index (Phi) is 15.6. The number of benzene rings is 4. The van der Waals surface area contributed by atoms with Crippen LogP contribution in [0.4, 0.5) is 8.78 Å². The summed E-state index contributed by atoms with van der Waals surface area (Å²) < 4.78 is 53.4. The Bertz CT molecular complexity index is 2910. The van der Waals surface area contributed by atoms with Gasteiger partial charge in [0.05, 0.1) is 45.9 Å². The van der Waals surface area contributed by atoms with Gasteiger partial charge in [0.15, 0.2) is 14.9 Å². The van der Waals surface area contributed by atoms with Crippen LogP contribution < -0.4 is 16.0 Å². The number of nitrogens with zero attached hydrogens (tertiary/aromatic N) is 6. The Morgan fingerprint density at radius 3 is 1.51 bits per heavy atom. The molecule has 0 saturated carbocycles. The van der Waals surface area contributed by atoms with Gasteiger partial charge in [-0.25, -0.2) is 36.5 Å². The fourth-order valence-corrected chi connectivity index (χ4v) is 7.02. The first kappa shape index (κ1) is 45.8. The van der Waals surface area contributed by atoms with Crippen LogP contribution >= 0.6 is 15.9 Å². The Morgan fingerprint density at radius 1 is 0.651 bits per heavy atom. The summed E-state index contributed by atoms with van der Waals surface area (Å²) in [6.07, 6.45) is 10.0. The highest BCUT2D eigenvalue weighted by molar-refractivity contribution is 9.10. The topological polar surface area (TPSA) is 166 Å². The van der Waals surface area contributed by atoms with Crippen LogP contribution in [0.15, 0.2) is 144 Å². The van der Waals surface area contributed by atoms with Crippen LogP contribution in [0.5, 0.6) is 0 Å². The molecule has 8 rings (SSSR count). The number of aromatic nitrogens is 6. The summed E-state index contributed by atoms with van der Waals surface area (Å²) >= 11 is 3.29. The minimum absolute atomic E-state index is 0.0180. The second kappa shape index (κ2) is 21.4. The van der Waals surface area contributed by atoms with Gasteiger partial charge in [0.2, 0.25) is 0 Å². The number of carbonyl (C=O) groups excluding carboxylic acids is 2. The molecular formula is C46H44BrF2N9O4S. The number of fused-ring (bicyclic) bond motifs is 2. The molecule has 3 N–H and O–H groups in total. The van der Waals surface area contributed by atoms with Gasteiger partial charge >= 0.3 is 0 Å². The molecule has 4 heterocycles. The maximum atomic E-state index is 13.2. The maximum absolute atomic E-state index is 13.2. The molecule has 0 radical (unpaired) electrons. The second-order valence-electron chi connectivity index (χ2n) is 14.1. The van der Waals surface area contributed by atoms with Crippen molar-refractivity contribution in [3.63, 3.8) is 0 Å². The van der Waals surface area contributed by atoms with Crippen LogP contribution in [0, 0.1) is 11.6 Å². The van der Waals surface area contributed by atoms with Crippen molar-refractivity contribution in [1.82, 2.24) is 45.5 Å². The number of carbonyl (C=O) groups is 2. The number of sulfone groups is 1. The van der Waals surface area contributed by atoms with E-state index in [1.165, 1.54) is 49.4 Å². The lowest BCUT2D eigenvalue weighted by Gasteiger charge is -2.08. The van der Waals surface area contributed by atoms with E-state index < -0.39 is 9.84 Å². The lowest BCUT2D eigenvalue weighted by atomic mass is 10.1. The molecular weight excluding hydrogens is 893 g/mol. The number of unbranched alkanes of at least 4 members (excludes halogenated alkanes) is 1. The van der Waals surface area contributed by atoms with Crippen molar-refractivity contribution in [1.29, 1.82) is 0 Å². The number of halogens is 3. The van der Waals surface area contributed by atoms with Crippen molar-refractivity contribution in [3.8, 4) is 11.4 Å². The summed E-state index contributed by atoms with van der Waals surface area (Å²) in [5.74, 6) is -1.14. The normalized spacial score (nSPS) is 11.0. The molecule has 0 atom stereocenters. The molecule has 13 nitrogen and oxygen atoms in total. The molecule has 0 aliphatic heterocycles. The molecule has 0 aliphatic carbocycles. The molecule has 324 valence electrons. The molecule has 0 fully saturated rings. The lowest BCUT2D eigenvalue weighted by molar-refractivity contribution is 0.0944. The molecule has 0 unspecified atom stereocenters. The van der Waals surface area contributed by atoms with Crippen LogP contribution in [0.2, 0.25) is 0 Å². The predicted molar refractivity (Wildman–Crippen MR) is 243 cm³/mol. The van der Waals surface area contributed by atoms with E-state index in [-0.39, 0.29) is 35.0 Å². The SMILES string of the molecule is CCCCNC.CS(=O)(=O)c1ccc(CNC(=O)c2cccc3c2cnn3-c2ccc(F)cc2)cn1.O=C(NCc1ccc(Br)nc1)c1cccc2c1cnn2-c1ccc(F)cc1. The average Bonchev–Trinajstić information content (AvgIpc) is 3.93. The van der Waals surface area contributed by atoms with Crippen molar-refractivity contribution in [2.45, 2.75) is 37.9 Å². The smallest absolute Gasteiger partial charge is 0.252 e. The van der Waals surface area contributed by atoms with Gasteiger partial charge in [-0.05, 0) is 132 Å². The predicted octanol–water partition coefficient (Wildman–Crippen LogP) is 8.15. The fraction of sp³-hybridized carbons (Fsp3) is 0.174. The quantitative estimate of drug-likeness (QED) is 0.0810. The first-order valence-corrected chi connectivity index (χ1v) is 22.5. The molecule has 0 bridgehead atoms. The highest BCUT2D eigenvalue weighted by atomic mass is 79.9. The van der Waals surface area contributed by atoms with Crippen LogP contribution in [0.25, 0.3) is 33.2 Å². The fourth-order valence-electron chi connectivity index (χ4n) is 6.23. The molecule has 8 aromatic rings. The molecule has 63 heavy (non-hydrogen) atoms. The van der Waals surface area contributed by atoms with Gasteiger partial charge in [0.25, 0.3) is 11.8 Å². The van der Waals surface area contributed by atoms with E-state index in [1.807, 2.05) is 31.3 Å². The Morgan fingerprint density at radius 2 is 1.13 bits per heavy atom. The van der Waals surface area contributed by atoms with Gasteiger partial charge < -0.3 is 16.0 Å². The average molecular weight is 937 g/mol. The minimum Gasteiger partial charge on any atom is -0.348 e. The largest absolute Gasteiger partial charge is 0.348 e. The van der Waals surface area contributed by atoms with E-state index in [0.717, 1.165) is 39.6 Å². The number of amides is 2. The monoisotopic (exact) mass is 935 g/mol. The first-order chi connectivity index (χ1) is 30.4. The lowest BCUT2D eigenvalue weighted by Crippen LogP contribution is -2.23. The maximum Gasteiger partial charge on any atom is 0.252 e. The highest BCUT2D eigenvalue weighted by Crippen LogP contribution is 2.24. The van der Waals surface area contributed by atoms with Gasteiger partial charge in [-0.15, -0.1) is 0 Å². The van der Waals surface area contributed by atoms with Crippen molar-refractivity contribution < 1.29 is 26.8 Å². The summed E-state index contributed by atoms with van der Waals surface area (Å²) in [4.78, 5) is 33.5. The zero-order valence-corrected chi connectivity index (χ0v) is 37.0. The number of hydrogen-bond donors (Lipinski definition) is 3. The molecule has 0 spiro atoms. The van der Waals surface area contributed by atoms with E-state index in [0.29, 0.717) is 39.8 Å². The first-order valence-electron chi connectivity index (χ1n) is 19.8. The third-order valence-electron chi connectivity index (χ3n) is 9.51. The molecule has 4 aromatic carbocycles. The summed E-state index contributed by atoms with van der Waals surface area (Å²) in [5.41, 5.74) is 5.46. The third kappa shape index (κ3) is 12.0. The van der Waals surface area contributed by atoms with Gasteiger partial charge in [-0.1, -0.05) is 37.6 Å². The third-order valence-corrected chi connectivity index (χ3v) is 11.0. The molecule has 17 heteroatoms. The Labute approximate surface area is 371 Å². The zero-order chi connectivity index (χ0) is 44.9. The molecule has 0 aliphatic rings. The summed E-state index contributed by atoms with van der Waals surface area (Å²) in [5, 5.41) is 18.8. The Balaban J connectivity index is 0.000000187. The highest BCUT2D eigenvalue weighted by Gasteiger charge is 2.16. The van der Waals surface area contributed by atoms with Gasteiger partial charge in [0, 0.05) is 42.5 Å². The number of pyridine rings is 2. The standard InChI is InChI=1S/C21H17FN4O3S.C20H14BrFN4O.C5H13N/c1-30(28,29)20-10-5-14(11-23-20)12-24-21(27)17-3-2-4-19-18(17)13-25-26(19)16-8-6-15(22)7-9-16;21-19-9-4-13(10-23-19)11-24-20(27)16-2-1-3-18-17(16)12-25-26(18)15-7-5-14(22)6-8-15;1-3-4-5-6-2/h2-11,13H,12H2,1H3,(H,24,27);1-10,12H,11H2,(H,24,27);6H,3-5H2,1-2H3. The van der Waals surface area contributed by atoms with E-state index in [2.05, 4.69) is 59.0 Å². The molecule has 4 aromatic heterocycles. The summed E-state index contributed by atoms with van der Waals surface area (Å²) in [7, 11) is -1.39. The van der Waals surface area contributed by atoms with Crippen LogP contribution in [0.1, 0.15) is 51.6 Å². The van der Waals surface area contributed by atoms with Crippen molar-refractivity contribution in [3.05, 3.63) is 172 Å². The van der Waals surface area contributed by atoms with E-state index >= 15 is 0 Å². The van der Waals surface area contributed by atoms with Crippen LogP contribution in [-0.4, -0.2) is 69.6 Å². The number of hydrogen-bond acceptors (Lipinski definition) is 9. The van der Waals surface area contributed by atoms with Crippen molar-refractivity contribution in [2.24, 2.45) is 0 Å². The van der Waals surface area contributed by atoms with Crippen molar-refractivity contribution in [2.75, 3.05) is 19.8 Å². The minimum atomic E-state index is -3.37. The van der Waals surface area contributed by atoms with Crippen LogP contribution in [0.3, 0.4) is 0 Å². The number of rotatable bonds is 12. The summed E-state index contributed by atoms with van der Waals surface area (Å²) in [6, 6.07) is 29.4. The molecule has 2 amide bonds. The van der Waals surface area contributed by atoms with E-state index in [9.17, 15) is 26.8 Å². The second-order valence-corrected chi connectivity index (χ2v) is 16.9. The number of nitrogens with one attached hydrogen (secondary N) is 3. The van der Waals surface area contributed by atoms with E-state index in [1.54, 1.807) is 82.6 Å².